The summed E-state index contributed by atoms with van der Waals surface area (Å²) in [6, 6.07) is 12.9. The lowest BCUT2D eigenvalue weighted by Crippen LogP contribution is -2.34. The van der Waals surface area contributed by atoms with E-state index in [1.165, 1.54) is 12.1 Å². The highest BCUT2D eigenvalue weighted by atomic mass is 79.9. The van der Waals surface area contributed by atoms with Crippen molar-refractivity contribution in [2.75, 3.05) is 0 Å². The van der Waals surface area contributed by atoms with E-state index in [1.54, 1.807) is 18.2 Å². The fourth-order valence-electron chi connectivity index (χ4n) is 3.69. The summed E-state index contributed by atoms with van der Waals surface area (Å²) in [5.74, 6) is 0. The molecule has 0 saturated carbocycles. The van der Waals surface area contributed by atoms with Gasteiger partial charge in [0.15, 0.2) is 0 Å². The molecule has 2 atom stereocenters. The number of hydrazone groups is 1. The Hall–Kier alpha value is -1.82. The Morgan fingerprint density at radius 3 is 2.31 bits per heavy atom. The Bertz CT molecular complexity index is 1430. The Morgan fingerprint density at radius 2 is 1.67 bits per heavy atom. The summed E-state index contributed by atoms with van der Waals surface area (Å²) in [5.41, 5.74) is 3.45. The van der Waals surface area contributed by atoms with Gasteiger partial charge in [-0.15, -0.1) is 0 Å². The highest BCUT2D eigenvalue weighted by Crippen LogP contribution is 2.37. The molecule has 0 spiro atoms. The Balaban J connectivity index is 1.70. The average molecular weight is 642 g/mol. The van der Waals surface area contributed by atoms with E-state index in [9.17, 15) is 21.6 Å². The molecule has 0 fully saturated rings. The van der Waals surface area contributed by atoms with E-state index in [4.69, 9.17) is 34.8 Å². The third-order valence-electron chi connectivity index (χ3n) is 5.48. The molecule has 190 valence electrons. The van der Waals surface area contributed by atoms with Crippen LogP contribution in [0.4, 0.5) is 13.2 Å². The van der Waals surface area contributed by atoms with Gasteiger partial charge in [0.2, 0.25) is 10.0 Å². The first-order valence-electron chi connectivity index (χ1n) is 10.3. The van der Waals surface area contributed by atoms with Crippen molar-refractivity contribution in [2.45, 2.75) is 29.6 Å². The highest BCUT2D eigenvalue weighted by Gasteiger charge is 2.36. The van der Waals surface area contributed by atoms with Crippen LogP contribution in [0.2, 0.25) is 15.1 Å². The minimum absolute atomic E-state index is 0.166. The maximum Gasteiger partial charge on any atom is 0.417 e. The molecule has 3 aromatic rings. The van der Waals surface area contributed by atoms with Crippen LogP contribution in [0.15, 0.2) is 75.1 Å². The molecule has 1 heterocycles. The molecule has 0 aromatic heterocycles. The van der Waals surface area contributed by atoms with Crippen LogP contribution in [0.5, 0.6) is 0 Å². The first-order valence-corrected chi connectivity index (χ1v) is 13.7. The molecule has 13 heteroatoms. The van der Waals surface area contributed by atoms with Crippen LogP contribution in [0.25, 0.3) is 0 Å². The van der Waals surface area contributed by atoms with Gasteiger partial charge in [0.25, 0.3) is 0 Å². The van der Waals surface area contributed by atoms with Crippen LogP contribution in [-0.4, -0.2) is 14.1 Å². The number of nitrogens with zero attached hydrogens (tertiary/aromatic N) is 1. The van der Waals surface area contributed by atoms with Crippen molar-refractivity contribution in [1.29, 1.82) is 0 Å². The number of nitrogens with one attached hydrogen (secondary N) is 2. The highest BCUT2D eigenvalue weighted by molar-refractivity contribution is 9.10. The number of rotatable bonds is 6. The maximum atomic E-state index is 13.4. The molecule has 2 unspecified atom stereocenters. The summed E-state index contributed by atoms with van der Waals surface area (Å²) in [6.07, 6.45) is -4.46. The Kier molecular flexibility index (Phi) is 7.95. The lowest BCUT2D eigenvalue weighted by atomic mass is 9.96. The SMILES string of the molecule is O=S(=O)(NC(C1=NNC(c2ccc(Cl)cc2)C1)c1ccc(Cl)cc1Cl)c1ccc(Br)c(C(F)(F)F)c1. The molecule has 0 radical (unpaired) electrons. The van der Waals surface area contributed by atoms with Crippen LogP contribution < -0.4 is 10.1 Å². The number of sulfonamides is 1. The minimum Gasteiger partial charge on any atom is -0.302 e. The number of benzene rings is 3. The molecule has 2 N–H and O–H groups in total. The van der Waals surface area contributed by atoms with Crippen molar-refractivity contribution >= 4 is 66.5 Å². The largest absolute Gasteiger partial charge is 0.417 e. The fraction of sp³-hybridized carbons (Fsp3) is 0.174. The van der Waals surface area contributed by atoms with Gasteiger partial charge in [-0.1, -0.05) is 68.9 Å². The second-order valence-electron chi connectivity index (χ2n) is 7.90. The van der Waals surface area contributed by atoms with Crippen molar-refractivity contribution in [1.82, 2.24) is 10.1 Å². The molecule has 0 bridgehead atoms. The maximum absolute atomic E-state index is 13.4. The van der Waals surface area contributed by atoms with Gasteiger partial charge in [0.05, 0.1) is 28.3 Å². The van der Waals surface area contributed by atoms with E-state index in [2.05, 4.69) is 31.2 Å². The van der Waals surface area contributed by atoms with Crippen LogP contribution >= 0.6 is 50.7 Å². The van der Waals surface area contributed by atoms with Gasteiger partial charge in [0, 0.05) is 26.0 Å². The number of hydrogen-bond acceptors (Lipinski definition) is 4. The number of halogens is 7. The first kappa shape index (κ1) is 27.2. The zero-order valence-corrected chi connectivity index (χ0v) is 22.6. The Labute approximate surface area is 228 Å². The lowest BCUT2D eigenvalue weighted by molar-refractivity contribution is -0.138. The van der Waals surface area contributed by atoms with Crippen LogP contribution in [-0.2, 0) is 16.2 Å². The molecule has 4 rings (SSSR count). The first-order chi connectivity index (χ1) is 16.8. The predicted octanol–water partition coefficient (Wildman–Crippen LogP) is 7.54. The molecule has 3 aromatic carbocycles. The van der Waals surface area contributed by atoms with Crippen molar-refractivity contribution in [2.24, 2.45) is 5.10 Å². The van der Waals surface area contributed by atoms with Crippen LogP contribution in [0, 0.1) is 0 Å². The van der Waals surface area contributed by atoms with E-state index in [1.807, 2.05) is 12.1 Å². The molecule has 0 saturated heterocycles. The monoisotopic (exact) mass is 639 g/mol. The van der Waals surface area contributed by atoms with E-state index in [0.29, 0.717) is 33.8 Å². The zero-order valence-electron chi connectivity index (χ0n) is 18.0. The molecule has 1 aliphatic rings. The standard InChI is InChI=1S/C23H16BrCl3F3N3O2S/c24-18-8-6-15(10-17(18)23(28,29)30)36(34,35)33-22(16-7-5-14(26)9-19(16)27)21-11-20(31-32-21)12-1-3-13(25)4-2-12/h1-10,20,22,31,33H,11H2. The fourth-order valence-corrected chi connectivity index (χ4v) is 6.03. The molecule has 1 aliphatic heterocycles. The molecule has 0 amide bonds. The smallest absolute Gasteiger partial charge is 0.302 e. The lowest BCUT2D eigenvalue weighted by Gasteiger charge is -2.21. The van der Waals surface area contributed by atoms with Gasteiger partial charge in [0.1, 0.15) is 0 Å². The number of alkyl halides is 3. The van der Waals surface area contributed by atoms with E-state index in [-0.39, 0.29) is 15.5 Å². The summed E-state index contributed by atoms with van der Waals surface area (Å²) in [7, 11) is -4.45. The summed E-state index contributed by atoms with van der Waals surface area (Å²) in [6.45, 7) is 0. The van der Waals surface area contributed by atoms with Gasteiger partial charge in [-0.25, -0.2) is 8.42 Å². The third-order valence-corrected chi connectivity index (χ3v) is 8.41. The second-order valence-corrected chi connectivity index (χ2v) is 11.7. The van der Waals surface area contributed by atoms with Gasteiger partial charge >= 0.3 is 6.18 Å². The number of hydrogen-bond donors (Lipinski definition) is 2. The average Bonchev–Trinajstić information content (AvgIpc) is 3.28. The van der Waals surface area contributed by atoms with Crippen molar-refractivity contribution in [3.63, 3.8) is 0 Å². The molecular formula is C23H16BrCl3F3N3O2S. The van der Waals surface area contributed by atoms with Crippen molar-refractivity contribution in [3.8, 4) is 0 Å². The molecule has 0 aliphatic carbocycles. The molecule has 5 nitrogen and oxygen atoms in total. The van der Waals surface area contributed by atoms with E-state index < -0.39 is 32.7 Å². The predicted molar refractivity (Wildman–Crippen MR) is 138 cm³/mol. The summed E-state index contributed by atoms with van der Waals surface area (Å²) in [4.78, 5) is -0.561. The second kappa shape index (κ2) is 10.5. The quantitative estimate of drug-likeness (QED) is 0.292. The normalized spacial score (nSPS) is 17.0. The van der Waals surface area contributed by atoms with Gasteiger partial charge in [-0.3, -0.25) is 0 Å². The van der Waals surface area contributed by atoms with Gasteiger partial charge < -0.3 is 5.43 Å². The van der Waals surface area contributed by atoms with Gasteiger partial charge in [-0.2, -0.15) is 23.0 Å². The summed E-state index contributed by atoms with van der Waals surface area (Å²) >= 11 is 21.2. The third kappa shape index (κ3) is 6.00. The van der Waals surface area contributed by atoms with Gasteiger partial charge in [-0.05, 0) is 53.6 Å². The van der Waals surface area contributed by atoms with Crippen LogP contribution in [0.1, 0.15) is 35.2 Å². The van der Waals surface area contributed by atoms with Crippen molar-refractivity contribution < 1.29 is 21.6 Å². The minimum atomic E-state index is -4.76. The topological polar surface area (TPSA) is 70.6 Å². The molecular weight excluding hydrogens is 626 g/mol. The van der Waals surface area contributed by atoms with E-state index >= 15 is 0 Å². The molecule has 36 heavy (non-hydrogen) atoms. The van der Waals surface area contributed by atoms with Crippen molar-refractivity contribution in [3.05, 3.63) is 96.9 Å². The zero-order chi connectivity index (χ0) is 26.3. The summed E-state index contributed by atoms with van der Waals surface area (Å²) in [5, 5.41) is 5.39. The Morgan fingerprint density at radius 1 is 1.00 bits per heavy atom. The van der Waals surface area contributed by atoms with Crippen LogP contribution in [0.3, 0.4) is 0 Å². The summed E-state index contributed by atoms with van der Waals surface area (Å²) < 4.78 is 69.0. The van der Waals surface area contributed by atoms with E-state index in [0.717, 1.165) is 17.7 Å².